The molecule has 8 N–H and O–H groups in total. The second-order valence-electron chi connectivity index (χ2n) is 9.61. The van der Waals surface area contributed by atoms with Crippen molar-refractivity contribution < 1.29 is 29.4 Å². The molecule has 2 rings (SSSR count). The van der Waals surface area contributed by atoms with Crippen molar-refractivity contribution in [1.82, 2.24) is 25.9 Å². The summed E-state index contributed by atoms with van der Waals surface area (Å²) in [7, 11) is 0. The van der Waals surface area contributed by atoms with Gasteiger partial charge in [-0.15, -0.1) is 0 Å². The minimum atomic E-state index is -1.20. The van der Waals surface area contributed by atoms with Crippen molar-refractivity contribution >= 4 is 23.7 Å². The number of amides is 3. The maximum atomic E-state index is 13.4. The van der Waals surface area contributed by atoms with Crippen molar-refractivity contribution in [3.8, 4) is 5.75 Å². The third-order valence-corrected chi connectivity index (χ3v) is 5.87. The first-order valence-corrected chi connectivity index (χ1v) is 12.0. The van der Waals surface area contributed by atoms with Gasteiger partial charge >= 0.3 is 5.97 Å². The Morgan fingerprint density at radius 1 is 0.892 bits per heavy atom. The van der Waals surface area contributed by atoms with Gasteiger partial charge in [0.2, 0.25) is 17.7 Å². The highest BCUT2D eigenvalue weighted by molar-refractivity contribution is 5.94. The van der Waals surface area contributed by atoms with Crippen LogP contribution in [0.25, 0.3) is 0 Å². The Hall–Kier alpha value is -3.93. The molecule has 0 saturated carbocycles. The second-order valence-corrected chi connectivity index (χ2v) is 9.61. The number of aliphatic carboxylic acids is 1. The Balaban J connectivity index is 2.30. The molecule has 12 heteroatoms. The SMILES string of the molecule is CC(C)C(N)C(=O)NC(Cc1ccc(O)cc1)C(=O)NC(Cc1cnc[nH]1)C(=O)NC(C(=O)O)C(C)C. The highest BCUT2D eigenvalue weighted by Gasteiger charge is 2.32. The fourth-order valence-electron chi connectivity index (χ4n) is 3.51. The zero-order valence-corrected chi connectivity index (χ0v) is 21.4. The number of carboxylic acid groups (broad SMARTS) is 1. The Morgan fingerprint density at radius 3 is 1.97 bits per heavy atom. The van der Waals surface area contributed by atoms with Crippen LogP contribution in [0.3, 0.4) is 0 Å². The minimum absolute atomic E-state index is 0.00733. The predicted molar refractivity (Wildman–Crippen MR) is 135 cm³/mol. The summed E-state index contributed by atoms with van der Waals surface area (Å²) in [5, 5.41) is 26.8. The van der Waals surface area contributed by atoms with Gasteiger partial charge in [0.25, 0.3) is 0 Å². The maximum Gasteiger partial charge on any atom is 0.326 e. The average molecular weight is 517 g/mol. The number of carbonyl (C=O) groups is 4. The number of imidazole rings is 1. The summed E-state index contributed by atoms with van der Waals surface area (Å²) in [6.07, 6.45) is 2.97. The molecule has 1 aromatic heterocycles. The molecule has 0 aliphatic heterocycles. The molecular formula is C25H36N6O6. The summed E-state index contributed by atoms with van der Waals surface area (Å²) >= 11 is 0. The summed E-state index contributed by atoms with van der Waals surface area (Å²) < 4.78 is 0. The minimum Gasteiger partial charge on any atom is -0.508 e. The Morgan fingerprint density at radius 2 is 1.46 bits per heavy atom. The number of nitrogens with zero attached hydrogens (tertiary/aromatic N) is 1. The van der Waals surface area contributed by atoms with E-state index in [2.05, 4.69) is 25.9 Å². The zero-order valence-electron chi connectivity index (χ0n) is 21.4. The summed E-state index contributed by atoms with van der Waals surface area (Å²) in [4.78, 5) is 57.6. The van der Waals surface area contributed by atoms with E-state index in [1.165, 1.54) is 24.7 Å². The first-order chi connectivity index (χ1) is 17.4. The van der Waals surface area contributed by atoms with E-state index < -0.39 is 53.8 Å². The van der Waals surface area contributed by atoms with Crippen molar-refractivity contribution in [3.05, 3.63) is 48.0 Å². The van der Waals surface area contributed by atoms with Gasteiger partial charge in [0, 0.05) is 24.7 Å². The monoisotopic (exact) mass is 516 g/mol. The number of nitrogens with two attached hydrogens (primary N) is 1. The molecule has 12 nitrogen and oxygen atoms in total. The van der Waals surface area contributed by atoms with Gasteiger partial charge in [-0.3, -0.25) is 14.4 Å². The molecule has 1 heterocycles. The smallest absolute Gasteiger partial charge is 0.326 e. The molecule has 4 unspecified atom stereocenters. The van der Waals surface area contributed by atoms with E-state index >= 15 is 0 Å². The molecule has 0 aliphatic rings. The number of carbonyl (C=O) groups excluding carboxylic acids is 3. The number of H-pyrrole nitrogens is 1. The molecule has 0 fully saturated rings. The lowest BCUT2D eigenvalue weighted by atomic mass is 10.0. The number of nitrogens with one attached hydrogen (secondary N) is 4. The van der Waals surface area contributed by atoms with E-state index in [0.29, 0.717) is 11.3 Å². The van der Waals surface area contributed by atoms with E-state index in [9.17, 15) is 29.4 Å². The van der Waals surface area contributed by atoms with Crippen LogP contribution in [0.4, 0.5) is 0 Å². The van der Waals surface area contributed by atoms with Gasteiger partial charge < -0.3 is 36.9 Å². The summed E-state index contributed by atoms with van der Waals surface area (Å²) in [6, 6.07) is 1.85. The van der Waals surface area contributed by atoms with Crippen molar-refractivity contribution in [2.45, 2.75) is 64.7 Å². The number of phenols is 1. The lowest BCUT2D eigenvalue weighted by Gasteiger charge is -2.26. The highest BCUT2D eigenvalue weighted by atomic mass is 16.4. The Kier molecular flexibility index (Phi) is 10.6. The van der Waals surface area contributed by atoms with Crippen molar-refractivity contribution in [2.24, 2.45) is 17.6 Å². The molecule has 4 atom stereocenters. The molecule has 0 spiro atoms. The molecule has 202 valence electrons. The quantitative estimate of drug-likeness (QED) is 0.194. The van der Waals surface area contributed by atoms with Gasteiger partial charge in [0.1, 0.15) is 23.9 Å². The van der Waals surface area contributed by atoms with Crippen LogP contribution in [0, 0.1) is 11.8 Å². The molecule has 0 aliphatic carbocycles. The zero-order chi connectivity index (χ0) is 27.7. The van der Waals surface area contributed by atoms with Crippen LogP contribution in [0.2, 0.25) is 0 Å². The third-order valence-electron chi connectivity index (χ3n) is 5.87. The normalized spacial score (nSPS) is 14.5. The van der Waals surface area contributed by atoms with Crippen molar-refractivity contribution in [2.75, 3.05) is 0 Å². The number of aromatic hydroxyl groups is 1. The summed E-state index contributed by atoms with van der Waals surface area (Å²) in [5.74, 6) is -3.62. The lowest BCUT2D eigenvalue weighted by Crippen LogP contribution is -2.59. The Labute approximate surface area is 215 Å². The molecule has 2 aromatic rings. The van der Waals surface area contributed by atoms with Crippen molar-refractivity contribution in [3.63, 3.8) is 0 Å². The predicted octanol–water partition coefficient (Wildman–Crippen LogP) is 0.0788. The largest absolute Gasteiger partial charge is 0.508 e. The first-order valence-electron chi connectivity index (χ1n) is 12.0. The fraction of sp³-hybridized carbons (Fsp3) is 0.480. The van der Waals surface area contributed by atoms with Crippen LogP contribution < -0.4 is 21.7 Å². The van der Waals surface area contributed by atoms with E-state index in [-0.39, 0.29) is 24.5 Å². The number of rotatable bonds is 13. The van der Waals surface area contributed by atoms with E-state index in [1.807, 2.05) is 0 Å². The van der Waals surface area contributed by atoms with Gasteiger partial charge in [-0.05, 0) is 29.5 Å². The number of aromatic amines is 1. The van der Waals surface area contributed by atoms with Gasteiger partial charge in [-0.2, -0.15) is 0 Å². The van der Waals surface area contributed by atoms with Gasteiger partial charge in [0.15, 0.2) is 0 Å². The summed E-state index contributed by atoms with van der Waals surface area (Å²) in [6.45, 7) is 6.86. The number of phenolic OH excluding ortho intramolecular Hbond substituents is 1. The van der Waals surface area contributed by atoms with E-state index in [0.717, 1.165) is 0 Å². The van der Waals surface area contributed by atoms with Crippen LogP contribution in [0.1, 0.15) is 39.0 Å². The van der Waals surface area contributed by atoms with Crippen LogP contribution >= 0.6 is 0 Å². The van der Waals surface area contributed by atoms with Gasteiger partial charge in [-0.1, -0.05) is 39.8 Å². The average Bonchev–Trinajstić information content (AvgIpc) is 3.34. The number of benzene rings is 1. The number of hydrogen-bond donors (Lipinski definition) is 7. The molecule has 0 bridgehead atoms. The van der Waals surface area contributed by atoms with E-state index in [4.69, 9.17) is 5.73 Å². The molecule has 0 radical (unpaired) electrons. The molecule has 3 amide bonds. The molecule has 1 aromatic carbocycles. The lowest BCUT2D eigenvalue weighted by molar-refractivity contribution is -0.143. The van der Waals surface area contributed by atoms with E-state index in [1.54, 1.807) is 39.8 Å². The number of aromatic nitrogens is 2. The first kappa shape index (κ1) is 29.3. The van der Waals surface area contributed by atoms with Crippen LogP contribution in [-0.4, -0.2) is 68.0 Å². The van der Waals surface area contributed by atoms with Gasteiger partial charge in [0.05, 0.1) is 12.4 Å². The highest BCUT2D eigenvalue weighted by Crippen LogP contribution is 2.13. The Bertz CT molecular complexity index is 1050. The molecule has 37 heavy (non-hydrogen) atoms. The van der Waals surface area contributed by atoms with Crippen LogP contribution in [0.15, 0.2) is 36.8 Å². The number of carboxylic acids is 1. The number of hydrogen-bond acceptors (Lipinski definition) is 7. The molecular weight excluding hydrogens is 480 g/mol. The van der Waals surface area contributed by atoms with Crippen LogP contribution in [-0.2, 0) is 32.0 Å². The summed E-state index contributed by atoms with van der Waals surface area (Å²) in [5.41, 5.74) is 7.15. The molecule has 0 saturated heterocycles. The van der Waals surface area contributed by atoms with Crippen molar-refractivity contribution in [1.29, 1.82) is 0 Å². The fourth-order valence-corrected chi connectivity index (χ4v) is 3.51. The second kappa shape index (κ2) is 13.4. The topological polar surface area (TPSA) is 200 Å². The standard InChI is InChI=1S/C25H36N6O6/c1-13(2)20(26)24(35)30-18(9-15-5-7-17(32)8-6-15)22(33)29-19(10-16-11-27-12-28-16)23(34)31-21(14(3)4)25(36)37/h5-8,11-14,18-21,32H,9-10,26H2,1-4H3,(H,27,28)(H,29,33)(H,30,35)(H,31,34)(H,36,37). The van der Waals surface area contributed by atoms with Crippen LogP contribution in [0.5, 0.6) is 5.75 Å². The van der Waals surface area contributed by atoms with Gasteiger partial charge in [-0.25, -0.2) is 9.78 Å². The maximum absolute atomic E-state index is 13.4. The third kappa shape index (κ3) is 8.90.